The number of hydrogen-bond acceptors (Lipinski definition) is 4. The normalized spacial score (nSPS) is 11.1. The summed E-state index contributed by atoms with van der Waals surface area (Å²) in [7, 11) is 0. The third-order valence-corrected chi connectivity index (χ3v) is 3.46. The Bertz CT molecular complexity index is 745. The molecule has 0 aliphatic rings. The number of rotatable bonds is 2. The fourth-order valence-corrected chi connectivity index (χ4v) is 2.73. The molecule has 0 aromatic carbocycles. The molecule has 0 amide bonds. The van der Waals surface area contributed by atoms with Gasteiger partial charge >= 0.3 is 0 Å². The Labute approximate surface area is 101 Å². The van der Waals surface area contributed by atoms with Gasteiger partial charge < -0.3 is 9.14 Å². The zero-order chi connectivity index (χ0) is 11.8. The molecule has 0 saturated carbocycles. The summed E-state index contributed by atoms with van der Waals surface area (Å²) in [5.74, 6) is 0.414. The Kier molecular flexibility index (Phi) is 2.33. The minimum Gasteiger partial charge on any atom is -0.477 e. The summed E-state index contributed by atoms with van der Waals surface area (Å²) in [6.45, 7) is 2.38. The number of thiophene rings is 1. The van der Waals surface area contributed by atoms with Crippen molar-refractivity contribution in [2.45, 2.75) is 6.92 Å². The second-order valence-corrected chi connectivity index (χ2v) is 4.45. The molecule has 0 spiro atoms. The van der Waals surface area contributed by atoms with Crippen molar-refractivity contribution in [1.82, 2.24) is 9.38 Å². The zero-order valence-corrected chi connectivity index (χ0v) is 10.0. The van der Waals surface area contributed by atoms with Crippen molar-refractivity contribution in [2.24, 2.45) is 0 Å². The first-order valence-corrected chi connectivity index (χ1v) is 6.20. The first-order valence-electron chi connectivity index (χ1n) is 5.32. The molecule has 5 heteroatoms. The van der Waals surface area contributed by atoms with Crippen LogP contribution in [0.25, 0.3) is 15.7 Å². The fraction of sp³-hybridized carbons (Fsp3) is 0.167. The Morgan fingerprint density at radius 1 is 1.47 bits per heavy atom. The van der Waals surface area contributed by atoms with Gasteiger partial charge in [-0.15, -0.1) is 11.3 Å². The number of hydrogen-bond donors (Lipinski definition) is 0. The largest absolute Gasteiger partial charge is 0.477 e. The van der Waals surface area contributed by atoms with E-state index in [1.54, 1.807) is 17.4 Å². The molecule has 86 valence electrons. The van der Waals surface area contributed by atoms with Gasteiger partial charge in [-0.2, -0.15) is 4.98 Å². The van der Waals surface area contributed by atoms with E-state index in [4.69, 9.17) is 4.74 Å². The van der Waals surface area contributed by atoms with Crippen molar-refractivity contribution in [2.75, 3.05) is 6.61 Å². The standard InChI is InChI=1S/C12H10N2O2S/c1-2-16-11-8-5-7-17-12(8)14-6-3-4-9(14)10(15)13-11/h3-7H,2H2,1H3. The second-order valence-electron chi connectivity index (χ2n) is 3.56. The van der Waals surface area contributed by atoms with Gasteiger partial charge in [0.1, 0.15) is 10.3 Å². The van der Waals surface area contributed by atoms with Crippen molar-refractivity contribution in [3.05, 3.63) is 40.1 Å². The SMILES string of the molecule is CCOc1nc(=O)c2cccn2c2sccc12. The van der Waals surface area contributed by atoms with Crippen LogP contribution < -0.4 is 10.3 Å². The van der Waals surface area contributed by atoms with Gasteiger partial charge in [-0.05, 0) is 30.5 Å². The van der Waals surface area contributed by atoms with Crippen LogP contribution in [0.3, 0.4) is 0 Å². The summed E-state index contributed by atoms with van der Waals surface area (Å²) in [5, 5.41) is 2.85. The van der Waals surface area contributed by atoms with Crippen LogP contribution in [-0.4, -0.2) is 16.0 Å². The van der Waals surface area contributed by atoms with Crippen LogP contribution in [0.2, 0.25) is 0 Å². The van der Waals surface area contributed by atoms with E-state index < -0.39 is 0 Å². The van der Waals surface area contributed by atoms with E-state index in [2.05, 4.69) is 4.98 Å². The van der Waals surface area contributed by atoms with Gasteiger partial charge in [0.25, 0.3) is 5.56 Å². The number of nitrogens with zero attached hydrogens (tertiary/aromatic N) is 2. The van der Waals surface area contributed by atoms with Crippen molar-refractivity contribution in [1.29, 1.82) is 0 Å². The molecule has 4 nitrogen and oxygen atoms in total. The van der Waals surface area contributed by atoms with Gasteiger partial charge in [-0.25, -0.2) is 0 Å². The lowest BCUT2D eigenvalue weighted by Crippen LogP contribution is -2.05. The van der Waals surface area contributed by atoms with Crippen molar-refractivity contribution >= 4 is 27.1 Å². The lowest BCUT2D eigenvalue weighted by atomic mass is 10.4. The Morgan fingerprint density at radius 3 is 3.18 bits per heavy atom. The first kappa shape index (κ1) is 10.3. The first-order chi connectivity index (χ1) is 8.31. The summed E-state index contributed by atoms with van der Waals surface area (Å²) in [6, 6.07) is 5.54. The van der Waals surface area contributed by atoms with Gasteiger partial charge in [0.05, 0.1) is 12.0 Å². The summed E-state index contributed by atoms with van der Waals surface area (Å²) in [5.41, 5.74) is 0.310. The van der Waals surface area contributed by atoms with Crippen LogP contribution in [0.15, 0.2) is 34.6 Å². The predicted molar refractivity (Wildman–Crippen MR) is 68.0 cm³/mol. The molecule has 3 rings (SSSR count). The highest BCUT2D eigenvalue weighted by Crippen LogP contribution is 2.26. The van der Waals surface area contributed by atoms with Gasteiger partial charge in [-0.3, -0.25) is 4.79 Å². The summed E-state index contributed by atoms with van der Waals surface area (Å²) in [6.07, 6.45) is 1.87. The van der Waals surface area contributed by atoms with E-state index in [1.165, 1.54) is 0 Å². The van der Waals surface area contributed by atoms with Crippen LogP contribution >= 0.6 is 11.3 Å². The molecule has 0 atom stereocenters. The van der Waals surface area contributed by atoms with Crippen LogP contribution in [0.5, 0.6) is 5.88 Å². The number of aromatic nitrogens is 2. The Hall–Kier alpha value is -1.88. The maximum absolute atomic E-state index is 11.9. The van der Waals surface area contributed by atoms with E-state index in [-0.39, 0.29) is 5.56 Å². The molecule has 3 aromatic rings. The van der Waals surface area contributed by atoms with E-state index in [1.807, 2.05) is 35.0 Å². The van der Waals surface area contributed by atoms with Crippen molar-refractivity contribution in [3.8, 4) is 5.88 Å². The smallest absolute Gasteiger partial charge is 0.297 e. The lowest BCUT2D eigenvalue weighted by Gasteiger charge is -1.98. The molecule has 3 heterocycles. The van der Waals surface area contributed by atoms with Gasteiger partial charge in [0.15, 0.2) is 0 Å². The molecule has 3 aromatic heterocycles. The van der Waals surface area contributed by atoms with Crippen LogP contribution in [-0.2, 0) is 0 Å². The van der Waals surface area contributed by atoms with E-state index in [0.717, 1.165) is 10.2 Å². The zero-order valence-electron chi connectivity index (χ0n) is 9.21. The Morgan fingerprint density at radius 2 is 2.35 bits per heavy atom. The molecule has 0 fully saturated rings. The molecule has 0 saturated heterocycles. The van der Waals surface area contributed by atoms with E-state index in [9.17, 15) is 4.79 Å². The molecule has 0 aliphatic carbocycles. The maximum Gasteiger partial charge on any atom is 0.297 e. The van der Waals surface area contributed by atoms with Gasteiger partial charge in [0.2, 0.25) is 5.88 Å². The van der Waals surface area contributed by atoms with Crippen LogP contribution in [0.4, 0.5) is 0 Å². The molecule has 0 bridgehead atoms. The molecule has 0 unspecified atom stereocenters. The Balaban J connectivity index is 2.56. The average molecular weight is 246 g/mol. The summed E-state index contributed by atoms with van der Waals surface area (Å²) >= 11 is 1.57. The van der Waals surface area contributed by atoms with E-state index >= 15 is 0 Å². The molecule has 0 aliphatic heterocycles. The monoisotopic (exact) mass is 246 g/mol. The lowest BCUT2D eigenvalue weighted by molar-refractivity contribution is 0.331. The number of ether oxygens (including phenoxy) is 1. The fourth-order valence-electron chi connectivity index (χ4n) is 1.84. The molecule has 0 N–H and O–H groups in total. The third kappa shape index (κ3) is 1.51. The highest BCUT2D eigenvalue weighted by molar-refractivity contribution is 7.16. The highest BCUT2D eigenvalue weighted by atomic mass is 32.1. The minimum atomic E-state index is -0.262. The summed E-state index contributed by atoms with van der Waals surface area (Å²) in [4.78, 5) is 16.9. The van der Waals surface area contributed by atoms with Crippen molar-refractivity contribution in [3.63, 3.8) is 0 Å². The van der Waals surface area contributed by atoms with Crippen LogP contribution in [0, 0.1) is 0 Å². The second kappa shape index (κ2) is 3.85. The highest BCUT2D eigenvalue weighted by Gasteiger charge is 2.09. The van der Waals surface area contributed by atoms with Crippen molar-refractivity contribution < 1.29 is 4.74 Å². The third-order valence-electron chi connectivity index (χ3n) is 2.55. The number of fused-ring (bicyclic) bond motifs is 3. The molecule has 0 radical (unpaired) electrons. The topological polar surface area (TPSA) is 43.6 Å². The summed E-state index contributed by atoms with van der Waals surface area (Å²) < 4.78 is 7.30. The molecular weight excluding hydrogens is 236 g/mol. The average Bonchev–Trinajstić information content (AvgIpc) is 2.94. The maximum atomic E-state index is 11.9. The van der Waals surface area contributed by atoms with E-state index in [0.29, 0.717) is 18.0 Å². The minimum absolute atomic E-state index is 0.262. The van der Waals surface area contributed by atoms with Gasteiger partial charge in [-0.1, -0.05) is 0 Å². The molecular formula is C12H10N2O2S. The predicted octanol–water partition coefficient (Wildman–Crippen LogP) is 2.31. The molecule has 17 heavy (non-hydrogen) atoms. The van der Waals surface area contributed by atoms with Gasteiger partial charge in [0, 0.05) is 6.20 Å². The van der Waals surface area contributed by atoms with Crippen LogP contribution in [0.1, 0.15) is 6.92 Å². The quantitative estimate of drug-likeness (QED) is 0.697.